The second kappa shape index (κ2) is 13.5. The first-order valence-electron chi connectivity index (χ1n) is 12.9. The van der Waals surface area contributed by atoms with E-state index in [-0.39, 0.29) is 17.2 Å². The minimum Gasteiger partial charge on any atom is -0.378 e. The highest BCUT2D eigenvalue weighted by atomic mass is 16.6. The lowest BCUT2D eigenvalue weighted by atomic mass is 10.1. The normalized spacial score (nSPS) is 11.1. The molecule has 42 heavy (non-hydrogen) atoms. The Labute approximate surface area is 243 Å². The zero-order valence-corrected chi connectivity index (χ0v) is 23.0. The molecule has 0 bridgehead atoms. The van der Waals surface area contributed by atoms with Crippen molar-refractivity contribution >= 4 is 46.8 Å². The Morgan fingerprint density at radius 2 is 1.38 bits per heavy atom. The largest absolute Gasteiger partial charge is 0.378 e. The number of ketones is 1. The molecule has 0 aromatic heterocycles. The average molecular weight is 561 g/mol. The number of allylic oxidation sites excluding steroid dienone is 1. The van der Waals surface area contributed by atoms with Crippen LogP contribution in [0, 0.1) is 10.1 Å². The van der Waals surface area contributed by atoms with E-state index in [0.29, 0.717) is 22.4 Å². The van der Waals surface area contributed by atoms with E-state index in [1.165, 1.54) is 18.2 Å². The summed E-state index contributed by atoms with van der Waals surface area (Å²) in [6.45, 7) is 0. The molecule has 0 saturated heterocycles. The topological polar surface area (TPSA) is 122 Å². The van der Waals surface area contributed by atoms with Crippen LogP contribution in [0.15, 0.2) is 115 Å². The maximum absolute atomic E-state index is 13.3. The van der Waals surface area contributed by atoms with Crippen molar-refractivity contribution in [1.82, 2.24) is 5.32 Å². The molecule has 2 N–H and O–H groups in total. The second-order valence-electron chi connectivity index (χ2n) is 9.44. The third-order valence-electron chi connectivity index (χ3n) is 6.21. The molecule has 210 valence electrons. The number of amides is 2. The van der Waals surface area contributed by atoms with Gasteiger partial charge in [0.1, 0.15) is 5.70 Å². The molecule has 0 aliphatic rings. The molecule has 9 nitrogen and oxygen atoms in total. The molecule has 0 spiro atoms. The van der Waals surface area contributed by atoms with E-state index in [9.17, 15) is 24.5 Å². The fourth-order valence-corrected chi connectivity index (χ4v) is 3.87. The monoisotopic (exact) mass is 560 g/mol. The molecule has 0 saturated carbocycles. The standard InChI is InChI=1S/C33H28N4O5/c1-36(2)28-17-10-24(11-18-28)22-30(35-32(39)26-6-4-3-5-7-26)33(40)34-27-15-13-25(14-16-27)31(38)21-12-23-8-19-29(20-9-23)37(41)42/h3-22H,1-2H3,(H,34,40)(H,35,39)/b21-12+,30-22-. The average Bonchev–Trinajstić information content (AvgIpc) is 3.00. The van der Waals surface area contributed by atoms with Crippen molar-refractivity contribution in [2.24, 2.45) is 0 Å². The van der Waals surface area contributed by atoms with Gasteiger partial charge in [-0.15, -0.1) is 0 Å². The number of nitrogens with zero attached hydrogens (tertiary/aromatic N) is 2. The Morgan fingerprint density at radius 1 is 0.762 bits per heavy atom. The van der Waals surface area contributed by atoms with Crippen molar-refractivity contribution in [3.05, 3.63) is 147 Å². The Bertz CT molecular complexity index is 1640. The number of benzene rings is 4. The first-order chi connectivity index (χ1) is 20.2. The molecule has 4 aromatic rings. The van der Waals surface area contributed by atoms with Gasteiger partial charge in [0.2, 0.25) is 0 Å². The lowest BCUT2D eigenvalue weighted by Crippen LogP contribution is -2.30. The maximum Gasteiger partial charge on any atom is 0.272 e. The van der Waals surface area contributed by atoms with Gasteiger partial charge in [0, 0.05) is 48.7 Å². The van der Waals surface area contributed by atoms with Gasteiger partial charge in [-0.3, -0.25) is 24.5 Å². The Hall–Kier alpha value is -5.83. The molecule has 2 amide bonds. The molecule has 0 atom stereocenters. The quantitative estimate of drug-likeness (QED) is 0.107. The number of anilines is 2. The maximum atomic E-state index is 13.3. The van der Waals surface area contributed by atoms with Gasteiger partial charge in [-0.2, -0.15) is 0 Å². The number of carbonyl (C=O) groups is 3. The summed E-state index contributed by atoms with van der Waals surface area (Å²) < 4.78 is 0. The molecule has 0 heterocycles. The molecular weight excluding hydrogens is 532 g/mol. The van der Waals surface area contributed by atoms with Crippen LogP contribution in [-0.2, 0) is 4.79 Å². The van der Waals surface area contributed by atoms with Gasteiger partial charge in [-0.25, -0.2) is 0 Å². The number of hydrogen-bond acceptors (Lipinski definition) is 6. The van der Waals surface area contributed by atoms with E-state index in [2.05, 4.69) is 10.6 Å². The zero-order chi connectivity index (χ0) is 30.1. The van der Waals surface area contributed by atoms with Crippen molar-refractivity contribution in [1.29, 1.82) is 0 Å². The SMILES string of the molecule is CN(C)c1ccc(/C=C(\NC(=O)c2ccccc2)C(=O)Nc2ccc(C(=O)/C=C/c3ccc([N+](=O)[O-])cc3)cc2)cc1. The first-order valence-corrected chi connectivity index (χ1v) is 12.9. The lowest BCUT2D eigenvalue weighted by Gasteiger charge is -2.13. The zero-order valence-electron chi connectivity index (χ0n) is 23.0. The van der Waals surface area contributed by atoms with Gasteiger partial charge in [0.15, 0.2) is 5.78 Å². The summed E-state index contributed by atoms with van der Waals surface area (Å²) in [7, 11) is 3.86. The smallest absolute Gasteiger partial charge is 0.272 e. The number of non-ortho nitro benzene ring substituents is 1. The highest BCUT2D eigenvalue weighted by Gasteiger charge is 2.15. The van der Waals surface area contributed by atoms with Gasteiger partial charge in [0.05, 0.1) is 4.92 Å². The Kier molecular flexibility index (Phi) is 9.37. The minimum atomic E-state index is -0.534. The van der Waals surface area contributed by atoms with Crippen molar-refractivity contribution in [2.75, 3.05) is 24.3 Å². The summed E-state index contributed by atoms with van der Waals surface area (Å²) in [5, 5.41) is 16.3. The molecule has 0 fully saturated rings. The van der Waals surface area contributed by atoms with Crippen LogP contribution in [0.3, 0.4) is 0 Å². The summed E-state index contributed by atoms with van der Waals surface area (Å²) in [6.07, 6.45) is 4.53. The predicted molar refractivity (Wildman–Crippen MR) is 164 cm³/mol. The van der Waals surface area contributed by atoms with Crippen LogP contribution >= 0.6 is 0 Å². The molecule has 4 rings (SSSR count). The van der Waals surface area contributed by atoms with Gasteiger partial charge in [-0.1, -0.05) is 36.4 Å². The second-order valence-corrected chi connectivity index (χ2v) is 9.44. The summed E-state index contributed by atoms with van der Waals surface area (Å²) >= 11 is 0. The van der Waals surface area contributed by atoms with Crippen molar-refractivity contribution in [3.63, 3.8) is 0 Å². The number of carbonyl (C=O) groups excluding carboxylic acids is 3. The van der Waals surface area contributed by atoms with Gasteiger partial charge in [-0.05, 0) is 83.9 Å². The molecule has 0 radical (unpaired) electrons. The Morgan fingerprint density at radius 3 is 1.98 bits per heavy atom. The summed E-state index contributed by atoms with van der Waals surface area (Å²) in [4.78, 5) is 51.0. The van der Waals surface area contributed by atoms with E-state index in [1.54, 1.807) is 78.9 Å². The van der Waals surface area contributed by atoms with E-state index in [1.807, 2.05) is 43.3 Å². The van der Waals surface area contributed by atoms with Gasteiger partial charge >= 0.3 is 0 Å². The number of nitrogens with one attached hydrogen (secondary N) is 2. The van der Waals surface area contributed by atoms with Crippen LogP contribution in [0.2, 0.25) is 0 Å². The molecule has 9 heteroatoms. The van der Waals surface area contributed by atoms with E-state index in [0.717, 1.165) is 11.3 Å². The number of rotatable bonds is 10. The summed E-state index contributed by atoms with van der Waals surface area (Å²) in [6, 6.07) is 28.3. The summed E-state index contributed by atoms with van der Waals surface area (Å²) in [5.74, 6) is -1.24. The highest BCUT2D eigenvalue weighted by Crippen LogP contribution is 2.17. The molecular formula is C33H28N4O5. The van der Waals surface area contributed by atoms with Crippen LogP contribution in [0.1, 0.15) is 31.8 Å². The highest BCUT2D eigenvalue weighted by molar-refractivity contribution is 6.11. The summed E-state index contributed by atoms with van der Waals surface area (Å²) in [5.41, 5.74) is 3.60. The van der Waals surface area contributed by atoms with E-state index >= 15 is 0 Å². The van der Waals surface area contributed by atoms with Crippen molar-refractivity contribution in [2.45, 2.75) is 0 Å². The third kappa shape index (κ3) is 7.86. The predicted octanol–water partition coefficient (Wildman–Crippen LogP) is 5.97. The number of nitro groups is 1. The van der Waals surface area contributed by atoms with E-state index in [4.69, 9.17) is 0 Å². The fraction of sp³-hybridized carbons (Fsp3) is 0.0606. The van der Waals surface area contributed by atoms with Crippen LogP contribution in [-0.4, -0.2) is 36.6 Å². The van der Waals surface area contributed by atoms with Crippen LogP contribution in [0.25, 0.3) is 12.2 Å². The molecule has 0 unspecified atom stereocenters. The van der Waals surface area contributed by atoms with Crippen molar-refractivity contribution in [3.8, 4) is 0 Å². The third-order valence-corrected chi connectivity index (χ3v) is 6.21. The number of nitro benzene ring substituents is 1. The van der Waals surface area contributed by atoms with Crippen LogP contribution in [0.4, 0.5) is 17.1 Å². The van der Waals surface area contributed by atoms with Crippen LogP contribution < -0.4 is 15.5 Å². The molecule has 4 aromatic carbocycles. The van der Waals surface area contributed by atoms with Gasteiger partial charge < -0.3 is 15.5 Å². The minimum absolute atomic E-state index is 0.0315. The molecule has 0 aliphatic heterocycles. The number of hydrogen-bond donors (Lipinski definition) is 2. The van der Waals surface area contributed by atoms with Crippen LogP contribution in [0.5, 0.6) is 0 Å². The molecule has 0 aliphatic carbocycles. The van der Waals surface area contributed by atoms with Crippen molar-refractivity contribution < 1.29 is 19.3 Å². The fourth-order valence-electron chi connectivity index (χ4n) is 3.87. The lowest BCUT2D eigenvalue weighted by molar-refractivity contribution is -0.384. The van der Waals surface area contributed by atoms with E-state index < -0.39 is 16.7 Å². The first kappa shape index (κ1) is 29.2. The Balaban J connectivity index is 1.48. The van der Waals surface area contributed by atoms with Gasteiger partial charge in [0.25, 0.3) is 17.5 Å².